The van der Waals surface area contributed by atoms with E-state index in [-0.39, 0.29) is 0 Å². The average Bonchev–Trinajstić information content (AvgIpc) is 2.54. The zero-order valence-electron chi connectivity index (χ0n) is 16.3. The van der Waals surface area contributed by atoms with Gasteiger partial charge in [0.05, 0.1) is 0 Å². The van der Waals surface area contributed by atoms with Crippen LogP contribution in [-0.2, 0) is 0 Å². The van der Waals surface area contributed by atoms with Crippen LogP contribution >= 0.6 is 12.6 Å². The molecule has 0 amide bonds. The first kappa shape index (κ1) is 23.3. The Labute approximate surface area is 153 Å². The van der Waals surface area contributed by atoms with Crippen LogP contribution in [0.3, 0.4) is 0 Å². The monoisotopic (exact) mass is 343 g/mol. The Balaban J connectivity index is 3.00. The zero-order valence-corrected chi connectivity index (χ0v) is 17.2. The van der Waals surface area contributed by atoms with E-state index in [1.807, 2.05) is 0 Å². The molecule has 0 aromatic rings. The van der Waals surface area contributed by atoms with E-state index in [9.17, 15) is 0 Å². The molecule has 0 fully saturated rings. The normalized spacial score (nSPS) is 11.5. The van der Waals surface area contributed by atoms with Crippen LogP contribution in [-0.4, -0.2) is 30.8 Å². The highest BCUT2D eigenvalue weighted by atomic mass is 32.1. The average molecular weight is 344 g/mol. The van der Waals surface area contributed by atoms with Gasteiger partial charge in [-0.15, -0.1) is 0 Å². The van der Waals surface area contributed by atoms with Gasteiger partial charge in [-0.2, -0.15) is 12.6 Å². The second-order valence-corrected chi connectivity index (χ2v) is 7.78. The second kappa shape index (κ2) is 20.4. The van der Waals surface area contributed by atoms with Crippen LogP contribution in [0.4, 0.5) is 0 Å². The highest BCUT2D eigenvalue weighted by molar-refractivity contribution is 7.80. The summed E-state index contributed by atoms with van der Waals surface area (Å²) in [7, 11) is 2.21. The van der Waals surface area contributed by atoms with Crippen LogP contribution in [0.1, 0.15) is 110 Å². The van der Waals surface area contributed by atoms with E-state index in [0.29, 0.717) is 0 Å². The van der Waals surface area contributed by atoms with Crippen molar-refractivity contribution >= 4 is 12.6 Å². The van der Waals surface area contributed by atoms with E-state index in [1.54, 1.807) is 0 Å². The van der Waals surface area contributed by atoms with Gasteiger partial charge in [-0.1, -0.05) is 103 Å². The van der Waals surface area contributed by atoms with Crippen molar-refractivity contribution in [3.05, 3.63) is 0 Å². The van der Waals surface area contributed by atoms with Gasteiger partial charge in [0, 0.05) is 12.3 Å². The molecule has 0 heterocycles. The maximum Gasteiger partial charge on any atom is 0.00668 e. The van der Waals surface area contributed by atoms with Gasteiger partial charge in [0.1, 0.15) is 0 Å². The van der Waals surface area contributed by atoms with E-state index in [2.05, 4.69) is 31.5 Å². The fourth-order valence-electron chi connectivity index (χ4n) is 3.21. The lowest BCUT2D eigenvalue weighted by atomic mass is 10.0. The fourth-order valence-corrected chi connectivity index (χ4v) is 3.55. The molecule has 0 bridgehead atoms. The predicted molar refractivity (Wildman–Crippen MR) is 111 cm³/mol. The molecule has 1 nitrogen and oxygen atoms in total. The van der Waals surface area contributed by atoms with Crippen molar-refractivity contribution in [2.24, 2.45) is 0 Å². The third-order valence-corrected chi connectivity index (χ3v) is 5.08. The van der Waals surface area contributed by atoms with Crippen LogP contribution < -0.4 is 0 Å². The van der Waals surface area contributed by atoms with E-state index in [0.717, 1.165) is 12.3 Å². The summed E-state index contributed by atoms with van der Waals surface area (Å²) in [5, 5.41) is 0. The summed E-state index contributed by atoms with van der Waals surface area (Å²) in [5.74, 6) is 0.982. The number of hydrogen-bond acceptors (Lipinski definition) is 2. The Morgan fingerprint density at radius 3 is 1.22 bits per heavy atom. The van der Waals surface area contributed by atoms with Gasteiger partial charge in [-0.25, -0.2) is 0 Å². The topological polar surface area (TPSA) is 3.24 Å². The van der Waals surface area contributed by atoms with Crippen molar-refractivity contribution in [1.29, 1.82) is 0 Å². The number of rotatable bonds is 19. The first-order valence-electron chi connectivity index (χ1n) is 10.6. The summed E-state index contributed by atoms with van der Waals surface area (Å²) in [6.07, 6.45) is 23.2. The van der Waals surface area contributed by atoms with Gasteiger partial charge in [0.25, 0.3) is 0 Å². The Kier molecular flexibility index (Phi) is 20.6. The maximum absolute atomic E-state index is 4.27. The lowest BCUT2D eigenvalue weighted by Crippen LogP contribution is -2.21. The van der Waals surface area contributed by atoms with E-state index in [1.165, 1.54) is 109 Å². The largest absolute Gasteiger partial charge is 0.306 e. The summed E-state index contributed by atoms with van der Waals surface area (Å²) in [6.45, 7) is 4.67. The minimum atomic E-state index is 0.982. The van der Waals surface area contributed by atoms with Gasteiger partial charge in [-0.3, -0.25) is 0 Å². The minimum Gasteiger partial charge on any atom is -0.306 e. The molecule has 0 rings (SSSR count). The lowest BCUT2D eigenvalue weighted by molar-refractivity contribution is 0.343. The quantitative estimate of drug-likeness (QED) is 0.193. The molecule has 0 saturated carbocycles. The molecule has 140 valence electrons. The van der Waals surface area contributed by atoms with E-state index >= 15 is 0 Å². The molecule has 0 unspecified atom stereocenters. The smallest absolute Gasteiger partial charge is 0.00668 e. The summed E-state index contributed by atoms with van der Waals surface area (Å²) in [4.78, 5) is 2.40. The van der Waals surface area contributed by atoms with Crippen molar-refractivity contribution in [3.63, 3.8) is 0 Å². The molecule has 0 aliphatic heterocycles. The molecule has 0 atom stereocenters. The zero-order chi connectivity index (χ0) is 17.0. The number of nitrogens with zero attached hydrogens (tertiary/aromatic N) is 1. The summed E-state index contributed by atoms with van der Waals surface area (Å²) >= 11 is 4.27. The molecule has 0 radical (unpaired) electrons. The molecule has 0 aliphatic carbocycles. The fraction of sp³-hybridized carbons (Fsp3) is 1.00. The highest BCUT2D eigenvalue weighted by Gasteiger charge is 1.97. The molecule has 0 aliphatic rings. The van der Waals surface area contributed by atoms with Crippen molar-refractivity contribution < 1.29 is 0 Å². The van der Waals surface area contributed by atoms with Crippen molar-refractivity contribution in [3.8, 4) is 0 Å². The van der Waals surface area contributed by atoms with E-state index in [4.69, 9.17) is 0 Å². The SMILES string of the molecule is CCCCCCCCCCCCCCCCCCN(C)CCS. The third-order valence-electron chi connectivity index (χ3n) is 4.88. The standard InChI is InChI=1S/C21H45NS/c1-3-4-5-6-7-8-9-10-11-12-13-14-15-16-17-18-19-22(2)20-21-23/h23H,3-21H2,1-2H3. The van der Waals surface area contributed by atoms with E-state index < -0.39 is 0 Å². The first-order chi connectivity index (χ1) is 11.3. The Bertz CT molecular complexity index is 208. The molecular weight excluding hydrogens is 298 g/mol. The number of hydrogen-bond donors (Lipinski definition) is 1. The van der Waals surface area contributed by atoms with Crippen molar-refractivity contribution in [2.45, 2.75) is 110 Å². The molecule has 0 saturated heterocycles. The van der Waals surface area contributed by atoms with Crippen LogP contribution in [0.2, 0.25) is 0 Å². The first-order valence-corrected chi connectivity index (χ1v) is 11.2. The third kappa shape index (κ3) is 20.3. The molecule has 23 heavy (non-hydrogen) atoms. The Morgan fingerprint density at radius 2 is 0.870 bits per heavy atom. The summed E-state index contributed by atoms with van der Waals surface area (Å²) in [6, 6.07) is 0. The molecule has 0 aromatic heterocycles. The van der Waals surface area contributed by atoms with Crippen molar-refractivity contribution in [2.75, 3.05) is 25.9 Å². The highest BCUT2D eigenvalue weighted by Crippen LogP contribution is 2.13. The van der Waals surface area contributed by atoms with Gasteiger partial charge in [-0.05, 0) is 20.0 Å². The number of thiol groups is 1. The molecule has 0 spiro atoms. The maximum atomic E-state index is 4.27. The molecular formula is C21H45NS. The molecule has 2 heteroatoms. The second-order valence-electron chi connectivity index (χ2n) is 7.33. The van der Waals surface area contributed by atoms with Crippen molar-refractivity contribution in [1.82, 2.24) is 4.90 Å². The van der Waals surface area contributed by atoms with Crippen LogP contribution in [0.5, 0.6) is 0 Å². The minimum absolute atomic E-state index is 0.982. The summed E-state index contributed by atoms with van der Waals surface area (Å²) in [5.41, 5.74) is 0. The molecule has 0 aromatic carbocycles. The van der Waals surface area contributed by atoms with Gasteiger partial charge < -0.3 is 4.90 Å². The van der Waals surface area contributed by atoms with Gasteiger partial charge in [0.2, 0.25) is 0 Å². The molecule has 0 N–H and O–H groups in total. The Hall–Kier alpha value is 0.310. The predicted octanol–water partition coefficient (Wildman–Crippen LogP) is 7.11. The summed E-state index contributed by atoms with van der Waals surface area (Å²) < 4.78 is 0. The van der Waals surface area contributed by atoms with Crippen LogP contribution in [0.25, 0.3) is 0 Å². The van der Waals surface area contributed by atoms with Gasteiger partial charge in [0.15, 0.2) is 0 Å². The number of unbranched alkanes of at least 4 members (excludes halogenated alkanes) is 15. The van der Waals surface area contributed by atoms with Gasteiger partial charge >= 0.3 is 0 Å². The van der Waals surface area contributed by atoms with Crippen LogP contribution in [0, 0.1) is 0 Å². The lowest BCUT2D eigenvalue weighted by Gasteiger charge is -2.14. The van der Waals surface area contributed by atoms with Crippen LogP contribution in [0.15, 0.2) is 0 Å². The Morgan fingerprint density at radius 1 is 0.522 bits per heavy atom.